The van der Waals surface area contributed by atoms with E-state index < -0.39 is 0 Å². The normalized spacial score (nSPS) is 15.2. The maximum absolute atomic E-state index is 9.02. The first kappa shape index (κ1) is 16.6. The summed E-state index contributed by atoms with van der Waals surface area (Å²) in [6.45, 7) is 7.48. The average Bonchev–Trinajstić information content (AvgIpc) is 2.73. The number of piperazine rings is 1. The quantitative estimate of drug-likeness (QED) is 0.724. The molecule has 2 heterocycles. The minimum absolute atomic E-state index is 0.672. The molecule has 1 fully saturated rings. The Kier molecular flexibility index (Phi) is 4.55. The van der Waals surface area contributed by atoms with Crippen molar-refractivity contribution in [3.8, 4) is 17.3 Å². The lowest BCUT2D eigenvalue weighted by Gasteiger charge is -2.35. The first-order valence-corrected chi connectivity index (χ1v) is 9.16. The van der Waals surface area contributed by atoms with Gasteiger partial charge in [0, 0.05) is 37.1 Å². The molecule has 4 heteroatoms. The summed E-state index contributed by atoms with van der Waals surface area (Å²) in [7, 11) is 0. The molecule has 0 spiro atoms. The van der Waals surface area contributed by atoms with E-state index in [1.54, 1.807) is 0 Å². The van der Waals surface area contributed by atoms with E-state index in [-0.39, 0.29) is 0 Å². The van der Waals surface area contributed by atoms with Gasteiger partial charge < -0.3 is 9.80 Å². The summed E-state index contributed by atoms with van der Waals surface area (Å²) in [4.78, 5) is 9.91. The Morgan fingerprint density at radius 1 is 1.00 bits per heavy atom. The number of nitrogens with zero attached hydrogens (tertiary/aromatic N) is 4. The molecule has 0 bridgehead atoms. The van der Waals surface area contributed by atoms with Gasteiger partial charge in [0.15, 0.2) is 0 Å². The first-order valence-electron chi connectivity index (χ1n) is 9.16. The van der Waals surface area contributed by atoms with Gasteiger partial charge in [0.25, 0.3) is 0 Å². The molecule has 1 saturated heterocycles. The van der Waals surface area contributed by atoms with Crippen molar-refractivity contribution in [3.63, 3.8) is 0 Å². The lowest BCUT2D eigenvalue weighted by molar-refractivity contribution is 0.271. The largest absolute Gasteiger partial charge is 0.354 e. The second-order valence-corrected chi connectivity index (χ2v) is 6.66. The molecule has 4 rings (SSSR count). The van der Waals surface area contributed by atoms with Gasteiger partial charge in [-0.25, -0.2) is 4.98 Å². The van der Waals surface area contributed by atoms with Crippen LogP contribution in [-0.2, 0) is 0 Å². The lowest BCUT2D eigenvalue weighted by atomic mass is 10.0. The SMILES string of the molecule is CCN1CCN(c2nc(-c3ccc(C#N)cc3)cc3ccccc23)CC1. The van der Waals surface area contributed by atoms with E-state index in [9.17, 15) is 0 Å². The van der Waals surface area contributed by atoms with Crippen LogP contribution >= 0.6 is 0 Å². The highest BCUT2D eigenvalue weighted by Gasteiger charge is 2.19. The Morgan fingerprint density at radius 3 is 2.42 bits per heavy atom. The van der Waals surface area contributed by atoms with Crippen molar-refractivity contribution in [1.82, 2.24) is 9.88 Å². The van der Waals surface area contributed by atoms with E-state index in [0.717, 1.165) is 49.8 Å². The molecule has 0 saturated carbocycles. The summed E-state index contributed by atoms with van der Waals surface area (Å²) in [5.74, 6) is 1.07. The van der Waals surface area contributed by atoms with Crippen LogP contribution < -0.4 is 4.90 Å². The number of fused-ring (bicyclic) bond motifs is 1. The molecule has 0 unspecified atom stereocenters. The van der Waals surface area contributed by atoms with E-state index in [4.69, 9.17) is 10.2 Å². The van der Waals surface area contributed by atoms with Crippen molar-refractivity contribution in [3.05, 3.63) is 60.2 Å². The Labute approximate surface area is 154 Å². The molecule has 26 heavy (non-hydrogen) atoms. The van der Waals surface area contributed by atoms with Crippen LogP contribution in [0.1, 0.15) is 12.5 Å². The molecule has 2 aromatic carbocycles. The van der Waals surface area contributed by atoms with Crippen molar-refractivity contribution in [2.45, 2.75) is 6.92 Å². The van der Waals surface area contributed by atoms with Gasteiger partial charge in [0.05, 0.1) is 17.3 Å². The zero-order chi connectivity index (χ0) is 17.9. The van der Waals surface area contributed by atoms with Gasteiger partial charge in [-0.05, 0) is 30.1 Å². The van der Waals surface area contributed by atoms with Gasteiger partial charge in [-0.2, -0.15) is 5.26 Å². The van der Waals surface area contributed by atoms with E-state index in [2.05, 4.69) is 53.1 Å². The molecular weight excluding hydrogens is 320 g/mol. The Morgan fingerprint density at radius 2 is 1.73 bits per heavy atom. The molecule has 1 aliphatic heterocycles. The van der Waals surface area contributed by atoms with Gasteiger partial charge in [-0.1, -0.05) is 43.3 Å². The van der Waals surface area contributed by atoms with Crippen molar-refractivity contribution in [1.29, 1.82) is 5.26 Å². The molecule has 4 nitrogen and oxygen atoms in total. The minimum atomic E-state index is 0.672. The van der Waals surface area contributed by atoms with Crippen LogP contribution in [0.5, 0.6) is 0 Å². The highest BCUT2D eigenvalue weighted by molar-refractivity contribution is 5.95. The summed E-state index contributed by atoms with van der Waals surface area (Å²) in [5, 5.41) is 11.4. The molecule has 0 N–H and O–H groups in total. The average molecular weight is 342 g/mol. The number of rotatable bonds is 3. The molecule has 1 aromatic heterocycles. The number of likely N-dealkylation sites (N-methyl/N-ethyl adjacent to an activating group) is 1. The van der Waals surface area contributed by atoms with Gasteiger partial charge >= 0.3 is 0 Å². The van der Waals surface area contributed by atoms with Crippen LogP contribution in [0.4, 0.5) is 5.82 Å². The fourth-order valence-corrected chi connectivity index (χ4v) is 3.56. The first-order chi connectivity index (χ1) is 12.8. The zero-order valence-corrected chi connectivity index (χ0v) is 15.0. The smallest absolute Gasteiger partial charge is 0.137 e. The highest BCUT2D eigenvalue weighted by Crippen LogP contribution is 2.30. The van der Waals surface area contributed by atoms with Crippen LogP contribution in [0.25, 0.3) is 22.0 Å². The highest BCUT2D eigenvalue weighted by atomic mass is 15.3. The Hall–Kier alpha value is -2.90. The molecule has 130 valence electrons. The maximum atomic E-state index is 9.02. The fourth-order valence-electron chi connectivity index (χ4n) is 3.56. The molecule has 0 aliphatic carbocycles. The number of benzene rings is 2. The van der Waals surface area contributed by atoms with Crippen molar-refractivity contribution < 1.29 is 0 Å². The number of pyridine rings is 1. The predicted octanol–water partition coefficient (Wildman–Crippen LogP) is 3.92. The summed E-state index contributed by atoms with van der Waals surface area (Å²) in [6.07, 6.45) is 0. The minimum Gasteiger partial charge on any atom is -0.354 e. The zero-order valence-electron chi connectivity index (χ0n) is 15.0. The van der Waals surface area contributed by atoms with Crippen LogP contribution in [0.15, 0.2) is 54.6 Å². The van der Waals surface area contributed by atoms with Gasteiger partial charge in [0.1, 0.15) is 5.82 Å². The van der Waals surface area contributed by atoms with E-state index in [1.165, 1.54) is 10.8 Å². The predicted molar refractivity (Wildman–Crippen MR) is 106 cm³/mol. The van der Waals surface area contributed by atoms with Crippen LogP contribution in [-0.4, -0.2) is 42.6 Å². The Balaban J connectivity index is 1.77. The topological polar surface area (TPSA) is 43.2 Å². The molecule has 3 aromatic rings. The third-order valence-corrected chi connectivity index (χ3v) is 5.15. The van der Waals surface area contributed by atoms with Gasteiger partial charge in [0.2, 0.25) is 0 Å². The van der Waals surface area contributed by atoms with Crippen LogP contribution in [0.2, 0.25) is 0 Å². The molecule has 0 amide bonds. The third kappa shape index (κ3) is 3.14. The summed E-state index contributed by atoms with van der Waals surface area (Å²) < 4.78 is 0. The van der Waals surface area contributed by atoms with Crippen molar-refractivity contribution >= 4 is 16.6 Å². The number of hydrogen-bond acceptors (Lipinski definition) is 4. The Bertz CT molecular complexity index is 948. The molecule has 1 aliphatic rings. The summed E-state index contributed by atoms with van der Waals surface area (Å²) in [5.41, 5.74) is 2.68. The summed E-state index contributed by atoms with van der Waals surface area (Å²) in [6, 6.07) is 20.4. The number of hydrogen-bond donors (Lipinski definition) is 0. The second-order valence-electron chi connectivity index (χ2n) is 6.66. The number of nitriles is 1. The van der Waals surface area contributed by atoms with Crippen LogP contribution in [0, 0.1) is 11.3 Å². The van der Waals surface area contributed by atoms with Crippen molar-refractivity contribution in [2.24, 2.45) is 0 Å². The monoisotopic (exact) mass is 342 g/mol. The molecule has 0 radical (unpaired) electrons. The van der Waals surface area contributed by atoms with Gasteiger partial charge in [-0.15, -0.1) is 0 Å². The number of anilines is 1. The van der Waals surface area contributed by atoms with E-state index >= 15 is 0 Å². The fraction of sp³-hybridized carbons (Fsp3) is 0.273. The molecule has 0 atom stereocenters. The van der Waals surface area contributed by atoms with E-state index in [1.807, 2.05) is 24.3 Å². The van der Waals surface area contributed by atoms with Crippen LogP contribution in [0.3, 0.4) is 0 Å². The van der Waals surface area contributed by atoms with Gasteiger partial charge in [-0.3, -0.25) is 0 Å². The third-order valence-electron chi connectivity index (χ3n) is 5.15. The second kappa shape index (κ2) is 7.15. The van der Waals surface area contributed by atoms with Crippen molar-refractivity contribution in [2.75, 3.05) is 37.6 Å². The standard InChI is InChI=1S/C22H22N4/c1-2-25-11-13-26(14-12-25)22-20-6-4-3-5-19(20)15-21(24-22)18-9-7-17(16-23)8-10-18/h3-10,15H,2,11-14H2,1H3. The maximum Gasteiger partial charge on any atom is 0.137 e. The number of aromatic nitrogens is 1. The molecular formula is C22H22N4. The summed E-state index contributed by atoms with van der Waals surface area (Å²) >= 11 is 0. The van der Waals surface area contributed by atoms with E-state index in [0.29, 0.717) is 5.56 Å². The lowest BCUT2D eigenvalue weighted by Crippen LogP contribution is -2.46.